The number of aliphatic hydroxyl groups excluding tert-OH is 1. The molecule has 0 bridgehead atoms. The third-order valence-electron chi connectivity index (χ3n) is 4.03. The first kappa shape index (κ1) is 22.9. The summed E-state index contributed by atoms with van der Waals surface area (Å²) in [5.74, 6) is -0.901. The first-order valence-corrected chi connectivity index (χ1v) is 9.41. The van der Waals surface area contributed by atoms with Crippen molar-refractivity contribution in [3.8, 4) is 0 Å². The van der Waals surface area contributed by atoms with Gasteiger partial charge in [-0.1, -0.05) is 58.3 Å². The fraction of sp³-hybridized carbons (Fsp3) is 0.889. The molecule has 1 amide bonds. The Hall–Kier alpha value is -1.14. The molecule has 3 N–H and O–H groups in total. The molecule has 0 heterocycles. The highest BCUT2D eigenvalue weighted by molar-refractivity contribution is 5.75. The monoisotopic (exact) mass is 344 g/mol. The van der Waals surface area contributed by atoms with Gasteiger partial charge in [-0.3, -0.25) is 14.5 Å². The molecular formula is C18H36N2O4. The zero-order chi connectivity index (χ0) is 18.0. The van der Waals surface area contributed by atoms with E-state index in [9.17, 15) is 9.59 Å². The van der Waals surface area contributed by atoms with Crippen molar-refractivity contribution in [1.82, 2.24) is 10.2 Å². The second kappa shape index (κ2) is 16.7. The van der Waals surface area contributed by atoms with Gasteiger partial charge in [0.05, 0.1) is 13.2 Å². The third-order valence-corrected chi connectivity index (χ3v) is 4.03. The Morgan fingerprint density at radius 2 is 1.50 bits per heavy atom. The van der Waals surface area contributed by atoms with E-state index in [1.54, 1.807) is 4.90 Å². The van der Waals surface area contributed by atoms with Crippen LogP contribution in [0, 0.1) is 0 Å². The summed E-state index contributed by atoms with van der Waals surface area (Å²) in [5.41, 5.74) is 0. The molecule has 142 valence electrons. The molecule has 0 rings (SSSR count). The predicted molar refractivity (Wildman–Crippen MR) is 96.0 cm³/mol. The number of aliphatic carboxylic acids is 1. The Labute approximate surface area is 146 Å². The molecule has 24 heavy (non-hydrogen) atoms. The molecule has 6 nitrogen and oxygen atoms in total. The summed E-state index contributed by atoms with van der Waals surface area (Å²) in [7, 11) is 0. The number of carbonyl (C=O) groups excluding carboxylic acids is 1. The Morgan fingerprint density at radius 1 is 0.917 bits per heavy atom. The average Bonchev–Trinajstić information content (AvgIpc) is 2.53. The van der Waals surface area contributed by atoms with Crippen LogP contribution in [0.5, 0.6) is 0 Å². The molecule has 6 heteroatoms. The van der Waals surface area contributed by atoms with Crippen LogP contribution in [-0.4, -0.2) is 59.8 Å². The van der Waals surface area contributed by atoms with Gasteiger partial charge in [0, 0.05) is 26.1 Å². The summed E-state index contributed by atoms with van der Waals surface area (Å²) in [6, 6.07) is 0. The average molecular weight is 344 g/mol. The van der Waals surface area contributed by atoms with Crippen molar-refractivity contribution < 1.29 is 19.8 Å². The molecule has 0 aromatic rings. The molecule has 0 spiro atoms. The van der Waals surface area contributed by atoms with Crippen LogP contribution >= 0.6 is 0 Å². The Balaban J connectivity index is 3.50. The zero-order valence-electron chi connectivity index (χ0n) is 15.3. The van der Waals surface area contributed by atoms with Gasteiger partial charge < -0.3 is 15.5 Å². The number of hydrogen-bond acceptors (Lipinski definition) is 4. The molecule has 0 aliphatic heterocycles. The van der Waals surface area contributed by atoms with E-state index in [1.807, 2.05) is 0 Å². The Bertz CT molecular complexity index is 324. The molecule has 0 atom stereocenters. The van der Waals surface area contributed by atoms with Crippen molar-refractivity contribution in [2.24, 2.45) is 0 Å². The maximum absolute atomic E-state index is 11.7. The number of carboxylic acids is 1. The number of unbranched alkanes of at least 4 members (excludes halogenated alkanes) is 8. The van der Waals surface area contributed by atoms with Gasteiger partial charge in [-0.05, 0) is 6.42 Å². The summed E-state index contributed by atoms with van der Waals surface area (Å²) in [6.07, 6.45) is 11.6. The van der Waals surface area contributed by atoms with Gasteiger partial charge >= 0.3 is 5.97 Å². The number of carbonyl (C=O) groups is 2. The van der Waals surface area contributed by atoms with Crippen LogP contribution in [0.1, 0.15) is 71.1 Å². The highest BCUT2D eigenvalue weighted by atomic mass is 16.4. The quantitative estimate of drug-likeness (QED) is 0.353. The standard InChI is InChI=1S/C18H36N2O4/c1-2-3-4-5-6-7-8-9-10-11-17(22)19-12-13-20(14-15-21)16-18(23)24/h21H,2-16H2,1H3,(H,19,22)(H,23,24). The molecule has 0 saturated carbocycles. The van der Waals surface area contributed by atoms with Gasteiger partial charge in [0.15, 0.2) is 0 Å². The molecule has 0 aromatic heterocycles. The fourth-order valence-corrected chi connectivity index (χ4v) is 2.64. The Kier molecular flexibility index (Phi) is 15.9. The van der Waals surface area contributed by atoms with E-state index in [0.717, 1.165) is 12.8 Å². The van der Waals surface area contributed by atoms with Crippen molar-refractivity contribution in [2.75, 3.05) is 32.8 Å². The first-order chi connectivity index (χ1) is 11.6. The molecule has 0 aliphatic carbocycles. The molecule has 0 unspecified atom stereocenters. The van der Waals surface area contributed by atoms with Crippen LogP contribution in [0.25, 0.3) is 0 Å². The Morgan fingerprint density at radius 3 is 2.04 bits per heavy atom. The van der Waals surface area contributed by atoms with Gasteiger partial charge in [0.25, 0.3) is 0 Å². The minimum atomic E-state index is -0.926. The number of rotatable bonds is 17. The van der Waals surface area contributed by atoms with Gasteiger partial charge in [0.1, 0.15) is 0 Å². The fourth-order valence-electron chi connectivity index (χ4n) is 2.64. The number of hydrogen-bond donors (Lipinski definition) is 3. The maximum atomic E-state index is 11.7. The number of nitrogens with zero attached hydrogens (tertiary/aromatic N) is 1. The highest BCUT2D eigenvalue weighted by Gasteiger charge is 2.09. The van der Waals surface area contributed by atoms with Crippen molar-refractivity contribution in [1.29, 1.82) is 0 Å². The summed E-state index contributed by atoms with van der Waals surface area (Å²) in [4.78, 5) is 24.0. The van der Waals surface area contributed by atoms with Crippen molar-refractivity contribution in [3.63, 3.8) is 0 Å². The molecule has 0 saturated heterocycles. The minimum absolute atomic E-state index is 0.0252. The second-order valence-corrected chi connectivity index (χ2v) is 6.32. The lowest BCUT2D eigenvalue weighted by Gasteiger charge is -2.19. The molecule has 0 aromatic carbocycles. The number of aliphatic hydroxyl groups is 1. The summed E-state index contributed by atoms with van der Waals surface area (Å²) >= 11 is 0. The largest absolute Gasteiger partial charge is 0.480 e. The first-order valence-electron chi connectivity index (χ1n) is 9.41. The van der Waals surface area contributed by atoms with E-state index in [-0.39, 0.29) is 19.1 Å². The number of nitrogens with one attached hydrogen (secondary N) is 1. The number of carboxylic acid groups (broad SMARTS) is 1. The SMILES string of the molecule is CCCCCCCCCCCC(=O)NCCN(CCO)CC(=O)O. The lowest BCUT2D eigenvalue weighted by atomic mass is 10.1. The van der Waals surface area contributed by atoms with Gasteiger partial charge in [-0.15, -0.1) is 0 Å². The lowest BCUT2D eigenvalue weighted by Crippen LogP contribution is -2.39. The van der Waals surface area contributed by atoms with E-state index in [1.165, 1.54) is 44.9 Å². The normalized spacial score (nSPS) is 11.0. The summed E-state index contributed by atoms with van der Waals surface area (Å²) < 4.78 is 0. The van der Waals surface area contributed by atoms with Gasteiger partial charge in [0.2, 0.25) is 5.91 Å². The van der Waals surface area contributed by atoms with Gasteiger partial charge in [-0.2, -0.15) is 0 Å². The van der Waals surface area contributed by atoms with Crippen molar-refractivity contribution in [2.45, 2.75) is 71.1 Å². The molecule has 0 aliphatic rings. The van der Waals surface area contributed by atoms with Crippen LogP contribution in [-0.2, 0) is 9.59 Å². The molecular weight excluding hydrogens is 308 g/mol. The summed E-state index contributed by atoms with van der Waals surface area (Å²) in [5, 5.41) is 20.5. The highest BCUT2D eigenvalue weighted by Crippen LogP contribution is 2.10. The third kappa shape index (κ3) is 15.7. The van der Waals surface area contributed by atoms with Gasteiger partial charge in [-0.25, -0.2) is 0 Å². The zero-order valence-corrected chi connectivity index (χ0v) is 15.3. The smallest absolute Gasteiger partial charge is 0.317 e. The number of amides is 1. The summed E-state index contributed by atoms with van der Waals surface area (Å²) in [6.45, 7) is 3.19. The van der Waals surface area contributed by atoms with Crippen LogP contribution in [0.15, 0.2) is 0 Å². The van der Waals surface area contributed by atoms with Crippen LogP contribution in [0.4, 0.5) is 0 Å². The molecule has 0 radical (unpaired) electrons. The van der Waals surface area contributed by atoms with E-state index in [0.29, 0.717) is 26.1 Å². The molecule has 0 fully saturated rings. The van der Waals surface area contributed by atoms with Crippen molar-refractivity contribution in [3.05, 3.63) is 0 Å². The van der Waals surface area contributed by atoms with Crippen molar-refractivity contribution >= 4 is 11.9 Å². The van der Waals surface area contributed by atoms with E-state index in [2.05, 4.69) is 12.2 Å². The topological polar surface area (TPSA) is 89.9 Å². The van der Waals surface area contributed by atoms with E-state index in [4.69, 9.17) is 10.2 Å². The van der Waals surface area contributed by atoms with E-state index < -0.39 is 5.97 Å². The van der Waals surface area contributed by atoms with Crippen LogP contribution in [0.2, 0.25) is 0 Å². The second-order valence-electron chi connectivity index (χ2n) is 6.32. The van der Waals surface area contributed by atoms with Crippen LogP contribution in [0.3, 0.4) is 0 Å². The predicted octanol–water partition coefficient (Wildman–Crippen LogP) is 2.40. The van der Waals surface area contributed by atoms with E-state index >= 15 is 0 Å². The van der Waals surface area contributed by atoms with Crippen LogP contribution < -0.4 is 5.32 Å². The maximum Gasteiger partial charge on any atom is 0.317 e. The minimum Gasteiger partial charge on any atom is -0.480 e. The lowest BCUT2D eigenvalue weighted by molar-refractivity contribution is -0.138.